The number of hydrogen-bond acceptors (Lipinski definition) is 4. The van der Waals surface area contributed by atoms with Gasteiger partial charge < -0.3 is 15.4 Å². The number of thiophene rings is 1. The number of halogens is 1. The number of aromatic carboxylic acids is 1. The third-order valence-corrected chi connectivity index (χ3v) is 6.05. The first kappa shape index (κ1) is 19.8. The molecule has 1 amide bonds. The fourth-order valence-corrected chi connectivity index (χ4v) is 4.43. The second-order valence-electron chi connectivity index (χ2n) is 7.05. The topological polar surface area (TPSA) is 102 Å². The summed E-state index contributed by atoms with van der Waals surface area (Å²) in [6.07, 6.45) is 5.17. The van der Waals surface area contributed by atoms with Crippen LogP contribution in [0.15, 0.2) is 41.8 Å². The lowest BCUT2D eigenvalue weighted by atomic mass is 9.93. The number of nitrogens with zero attached hydrogens (tertiary/aromatic N) is 1. The fraction of sp³-hybridized carbons (Fsp3) is 0.136. The first-order chi connectivity index (χ1) is 14.3. The minimum atomic E-state index is -1.23. The number of aryl methyl sites for hydroxylation is 1. The van der Waals surface area contributed by atoms with Crippen LogP contribution in [0.4, 0.5) is 4.39 Å². The summed E-state index contributed by atoms with van der Waals surface area (Å²) in [5, 5.41) is 12.2. The number of nitrogens with two attached hydrogens (primary N) is 1. The number of aromatic nitrogens is 1. The lowest BCUT2D eigenvalue weighted by Gasteiger charge is -2.11. The number of Topliss-reactive ketones (excluding diaryl/α,β-unsaturated/α-hetero) is 1. The number of fused-ring (bicyclic) bond motifs is 1. The molecule has 2 aromatic heterocycles. The molecule has 0 spiro atoms. The molecule has 0 saturated carbocycles. The van der Waals surface area contributed by atoms with E-state index in [0.717, 1.165) is 11.3 Å². The molecule has 3 aromatic rings. The second kappa shape index (κ2) is 7.38. The minimum Gasteiger partial charge on any atom is -0.477 e. The van der Waals surface area contributed by atoms with E-state index in [4.69, 9.17) is 5.73 Å². The largest absolute Gasteiger partial charge is 0.477 e. The van der Waals surface area contributed by atoms with Gasteiger partial charge in [-0.3, -0.25) is 9.59 Å². The summed E-state index contributed by atoms with van der Waals surface area (Å²) in [5.74, 6) is -2.48. The highest BCUT2D eigenvalue weighted by molar-refractivity contribution is 7.12. The van der Waals surface area contributed by atoms with Crippen molar-refractivity contribution in [3.05, 3.63) is 74.9 Å². The van der Waals surface area contributed by atoms with E-state index in [2.05, 4.69) is 0 Å². The molecule has 0 fully saturated rings. The maximum Gasteiger partial charge on any atom is 0.353 e. The standard InChI is InChI=1S/C22H17FN2O4S/c1-11-6-14-16(8-15(11)23)25(9-12-7-18(21(24)27)30-10-12)20(22(28)29)19(14)13-4-2-3-5-17(13)26/h2-4,6-8,10H,5,9H2,1H3,(H2,24,27)(H,28,29). The predicted molar refractivity (Wildman–Crippen MR) is 112 cm³/mol. The van der Waals surface area contributed by atoms with Crippen LogP contribution in [0.1, 0.15) is 43.3 Å². The van der Waals surface area contributed by atoms with E-state index >= 15 is 0 Å². The van der Waals surface area contributed by atoms with Crippen molar-refractivity contribution in [2.45, 2.75) is 19.9 Å². The Labute approximate surface area is 174 Å². The van der Waals surface area contributed by atoms with Crippen LogP contribution in [0, 0.1) is 12.7 Å². The van der Waals surface area contributed by atoms with Crippen molar-refractivity contribution >= 4 is 45.5 Å². The number of primary amides is 1. The van der Waals surface area contributed by atoms with Gasteiger partial charge in [-0.15, -0.1) is 11.3 Å². The Morgan fingerprint density at radius 2 is 2.07 bits per heavy atom. The molecule has 0 bridgehead atoms. The number of amides is 1. The molecule has 1 aliphatic rings. The molecule has 0 unspecified atom stereocenters. The van der Waals surface area contributed by atoms with Gasteiger partial charge in [-0.05, 0) is 41.6 Å². The number of carboxylic acid groups (broad SMARTS) is 1. The zero-order valence-corrected chi connectivity index (χ0v) is 16.8. The molecular formula is C22H17FN2O4S. The van der Waals surface area contributed by atoms with Crippen molar-refractivity contribution in [3.63, 3.8) is 0 Å². The number of rotatable bonds is 5. The van der Waals surface area contributed by atoms with Crippen molar-refractivity contribution < 1.29 is 23.9 Å². The maximum atomic E-state index is 14.4. The van der Waals surface area contributed by atoms with E-state index in [1.807, 2.05) is 0 Å². The molecule has 8 heteroatoms. The smallest absolute Gasteiger partial charge is 0.353 e. The monoisotopic (exact) mass is 424 g/mol. The maximum absolute atomic E-state index is 14.4. The number of allylic oxidation sites excluding steroid dienone is 4. The van der Waals surface area contributed by atoms with Gasteiger partial charge in [0.25, 0.3) is 5.91 Å². The summed E-state index contributed by atoms with van der Waals surface area (Å²) < 4.78 is 15.9. The first-order valence-electron chi connectivity index (χ1n) is 9.11. The van der Waals surface area contributed by atoms with Gasteiger partial charge >= 0.3 is 5.97 Å². The van der Waals surface area contributed by atoms with E-state index in [1.165, 1.54) is 10.6 Å². The molecule has 30 heavy (non-hydrogen) atoms. The van der Waals surface area contributed by atoms with Crippen LogP contribution in [0.5, 0.6) is 0 Å². The van der Waals surface area contributed by atoms with Gasteiger partial charge in [0.15, 0.2) is 5.78 Å². The van der Waals surface area contributed by atoms with E-state index in [0.29, 0.717) is 26.9 Å². The third-order valence-electron chi connectivity index (χ3n) is 5.06. The number of carbonyl (C=O) groups excluding carboxylic acids is 2. The quantitative estimate of drug-likeness (QED) is 0.648. The Hall–Kier alpha value is -3.52. The molecule has 2 heterocycles. The summed E-state index contributed by atoms with van der Waals surface area (Å²) in [6.45, 7) is 1.67. The summed E-state index contributed by atoms with van der Waals surface area (Å²) in [5.41, 5.74) is 7.14. The van der Waals surface area contributed by atoms with Gasteiger partial charge in [0.05, 0.1) is 10.4 Å². The highest BCUT2D eigenvalue weighted by Crippen LogP contribution is 2.36. The second-order valence-corrected chi connectivity index (χ2v) is 7.96. The highest BCUT2D eigenvalue weighted by atomic mass is 32.1. The summed E-state index contributed by atoms with van der Waals surface area (Å²) >= 11 is 1.15. The van der Waals surface area contributed by atoms with Gasteiger partial charge in [0.2, 0.25) is 0 Å². The molecule has 152 valence electrons. The SMILES string of the molecule is Cc1cc2c(C3=CC=CCC3=O)c(C(=O)O)n(Cc3csc(C(N)=O)c3)c2cc1F. The summed E-state index contributed by atoms with van der Waals surface area (Å²) in [4.78, 5) is 36.6. The number of carboxylic acids is 1. The Balaban J connectivity index is 2.02. The van der Waals surface area contributed by atoms with Crippen molar-refractivity contribution in [2.24, 2.45) is 5.73 Å². The molecule has 6 nitrogen and oxygen atoms in total. The molecule has 0 radical (unpaired) electrons. The van der Waals surface area contributed by atoms with Crippen molar-refractivity contribution in [1.82, 2.24) is 4.57 Å². The van der Waals surface area contributed by atoms with E-state index in [-0.39, 0.29) is 35.6 Å². The Morgan fingerprint density at radius 3 is 2.70 bits per heavy atom. The summed E-state index contributed by atoms with van der Waals surface area (Å²) in [7, 11) is 0. The zero-order valence-electron chi connectivity index (χ0n) is 15.9. The zero-order chi connectivity index (χ0) is 21.6. The normalized spacial score (nSPS) is 13.7. The first-order valence-corrected chi connectivity index (χ1v) is 9.99. The van der Waals surface area contributed by atoms with Gasteiger partial charge in [-0.25, -0.2) is 9.18 Å². The lowest BCUT2D eigenvalue weighted by molar-refractivity contribution is -0.113. The van der Waals surface area contributed by atoms with Crippen LogP contribution < -0.4 is 5.73 Å². The van der Waals surface area contributed by atoms with Gasteiger partial charge in [-0.1, -0.05) is 18.2 Å². The van der Waals surface area contributed by atoms with E-state index < -0.39 is 17.7 Å². The van der Waals surface area contributed by atoms with Crippen LogP contribution >= 0.6 is 11.3 Å². The molecule has 3 N–H and O–H groups in total. The van der Waals surface area contributed by atoms with Crippen molar-refractivity contribution in [3.8, 4) is 0 Å². The average molecular weight is 424 g/mol. The van der Waals surface area contributed by atoms with Crippen molar-refractivity contribution in [2.75, 3.05) is 0 Å². The van der Waals surface area contributed by atoms with E-state index in [1.54, 1.807) is 42.7 Å². The number of ketones is 1. The number of hydrogen-bond donors (Lipinski definition) is 2. The highest BCUT2D eigenvalue weighted by Gasteiger charge is 2.28. The molecular weight excluding hydrogens is 407 g/mol. The molecule has 0 atom stereocenters. The Bertz CT molecular complexity index is 1300. The predicted octanol–water partition coefficient (Wildman–Crippen LogP) is 3.91. The van der Waals surface area contributed by atoms with Crippen LogP contribution in [0.3, 0.4) is 0 Å². The van der Waals surface area contributed by atoms with Crippen LogP contribution in [-0.4, -0.2) is 27.3 Å². The average Bonchev–Trinajstić information content (AvgIpc) is 3.27. The van der Waals surface area contributed by atoms with Gasteiger partial charge in [-0.2, -0.15) is 0 Å². The molecule has 1 aliphatic carbocycles. The van der Waals surface area contributed by atoms with Crippen LogP contribution in [0.2, 0.25) is 0 Å². The number of carbonyl (C=O) groups is 3. The summed E-state index contributed by atoms with van der Waals surface area (Å²) in [6, 6.07) is 4.44. The fourth-order valence-electron chi connectivity index (χ4n) is 3.67. The Morgan fingerprint density at radius 1 is 1.30 bits per heavy atom. The Kier molecular flexibility index (Phi) is 4.87. The van der Waals surface area contributed by atoms with Crippen molar-refractivity contribution in [1.29, 1.82) is 0 Å². The minimum absolute atomic E-state index is 0.0850. The molecule has 1 aromatic carbocycles. The van der Waals surface area contributed by atoms with Gasteiger partial charge in [0.1, 0.15) is 11.5 Å². The number of benzene rings is 1. The molecule has 4 rings (SSSR count). The van der Waals surface area contributed by atoms with Crippen LogP contribution in [0.25, 0.3) is 16.5 Å². The van der Waals surface area contributed by atoms with Crippen LogP contribution in [-0.2, 0) is 11.3 Å². The molecule has 0 saturated heterocycles. The third kappa shape index (κ3) is 3.25. The van der Waals surface area contributed by atoms with Gasteiger partial charge in [0, 0.05) is 29.5 Å². The molecule has 0 aliphatic heterocycles. The van der Waals surface area contributed by atoms with E-state index in [9.17, 15) is 23.9 Å². The lowest BCUT2D eigenvalue weighted by Crippen LogP contribution is -2.13.